The lowest BCUT2D eigenvalue weighted by atomic mass is 10.2. The van der Waals surface area contributed by atoms with Crippen molar-refractivity contribution in [2.45, 2.75) is 13.2 Å². The maximum Gasteiger partial charge on any atom is 0.130 e. The van der Waals surface area contributed by atoms with Gasteiger partial charge in [-0.15, -0.1) is 0 Å². The minimum atomic E-state index is -0.263. The van der Waals surface area contributed by atoms with Gasteiger partial charge in [0.25, 0.3) is 0 Å². The molecule has 0 spiro atoms. The van der Waals surface area contributed by atoms with Crippen LogP contribution in [0.3, 0.4) is 0 Å². The van der Waals surface area contributed by atoms with Gasteiger partial charge >= 0.3 is 0 Å². The van der Waals surface area contributed by atoms with Gasteiger partial charge in [-0.3, -0.25) is 0 Å². The molecule has 0 radical (unpaired) electrons. The Balaban J connectivity index is 2.10. The quantitative estimate of drug-likeness (QED) is 0.901. The maximum atomic E-state index is 13.7. The summed E-state index contributed by atoms with van der Waals surface area (Å²) in [6, 6.07) is 12.7. The third-order valence-corrected chi connectivity index (χ3v) is 3.23. The molecule has 4 heteroatoms. The molecule has 1 N–H and O–H groups in total. The molecule has 0 aliphatic heterocycles. The average Bonchev–Trinajstić information content (AvgIpc) is 2.40. The Morgan fingerprint density at radius 1 is 1.16 bits per heavy atom. The van der Waals surface area contributed by atoms with Crippen LogP contribution >= 0.6 is 15.9 Å². The number of ether oxygens (including phenoxy) is 1. The second kappa shape index (κ2) is 6.68. The van der Waals surface area contributed by atoms with Crippen LogP contribution in [0.2, 0.25) is 0 Å². The lowest BCUT2D eigenvalue weighted by molar-refractivity contribution is 0.296. The van der Waals surface area contributed by atoms with Crippen LogP contribution in [0.15, 0.2) is 46.9 Å². The van der Waals surface area contributed by atoms with Gasteiger partial charge in [-0.05, 0) is 25.2 Å². The molecule has 0 unspecified atom stereocenters. The summed E-state index contributed by atoms with van der Waals surface area (Å²) in [5.41, 5.74) is 1.60. The second-order valence-corrected chi connectivity index (χ2v) is 5.08. The number of nitrogens with one attached hydrogen (secondary N) is 1. The van der Waals surface area contributed by atoms with Crippen LogP contribution in [-0.4, -0.2) is 7.05 Å². The summed E-state index contributed by atoms with van der Waals surface area (Å²) in [5.74, 6) is 0.514. The molecule has 2 aromatic carbocycles. The molecule has 0 amide bonds. The molecule has 0 saturated heterocycles. The van der Waals surface area contributed by atoms with Crippen molar-refractivity contribution in [2.24, 2.45) is 0 Å². The average molecular weight is 324 g/mol. The van der Waals surface area contributed by atoms with E-state index in [-0.39, 0.29) is 12.4 Å². The number of benzene rings is 2. The Labute approximate surface area is 120 Å². The van der Waals surface area contributed by atoms with Gasteiger partial charge < -0.3 is 10.1 Å². The molecule has 0 aromatic heterocycles. The summed E-state index contributed by atoms with van der Waals surface area (Å²) in [7, 11) is 1.88. The van der Waals surface area contributed by atoms with E-state index in [0.717, 1.165) is 22.3 Å². The molecule has 0 aliphatic rings. The fourth-order valence-corrected chi connectivity index (χ4v) is 2.11. The Hall–Kier alpha value is -1.39. The normalized spacial score (nSPS) is 10.5. The summed E-state index contributed by atoms with van der Waals surface area (Å²) >= 11 is 3.24. The van der Waals surface area contributed by atoms with Crippen molar-refractivity contribution in [3.63, 3.8) is 0 Å². The maximum absolute atomic E-state index is 13.7. The summed E-state index contributed by atoms with van der Waals surface area (Å²) < 4.78 is 20.1. The zero-order chi connectivity index (χ0) is 13.7. The molecule has 0 saturated carbocycles. The van der Waals surface area contributed by atoms with Crippen LogP contribution in [0.1, 0.15) is 11.1 Å². The predicted octanol–water partition coefficient (Wildman–Crippen LogP) is 3.89. The summed E-state index contributed by atoms with van der Waals surface area (Å²) in [5, 5.41) is 3.08. The SMILES string of the molecule is CNCc1ccccc1OCc1ccc(Br)cc1F. The molecule has 2 aromatic rings. The van der Waals surface area contributed by atoms with Crippen molar-refractivity contribution < 1.29 is 9.13 Å². The third-order valence-electron chi connectivity index (χ3n) is 2.74. The van der Waals surface area contributed by atoms with Gasteiger partial charge in [-0.1, -0.05) is 40.2 Å². The Kier molecular flexibility index (Phi) is 4.93. The lowest BCUT2D eigenvalue weighted by Crippen LogP contribution is -2.07. The number of rotatable bonds is 5. The van der Waals surface area contributed by atoms with Crippen LogP contribution in [0.5, 0.6) is 5.75 Å². The van der Waals surface area contributed by atoms with Gasteiger partial charge in [0.2, 0.25) is 0 Å². The minimum Gasteiger partial charge on any atom is -0.488 e. The van der Waals surface area contributed by atoms with Crippen molar-refractivity contribution >= 4 is 15.9 Å². The molecule has 0 aliphatic carbocycles. The summed E-state index contributed by atoms with van der Waals surface area (Å²) in [6.07, 6.45) is 0. The second-order valence-electron chi connectivity index (χ2n) is 4.16. The molecular formula is C15H15BrFNO. The topological polar surface area (TPSA) is 21.3 Å². The first kappa shape index (κ1) is 14.0. The van der Waals surface area contributed by atoms with Crippen LogP contribution < -0.4 is 10.1 Å². The van der Waals surface area contributed by atoms with Crippen molar-refractivity contribution in [3.05, 3.63) is 63.9 Å². The van der Waals surface area contributed by atoms with Gasteiger partial charge in [-0.2, -0.15) is 0 Å². The van der Waals surface area contributed by atoms with E-state index < -0.39 is 0 Å². The van der Waals surface area contributed by atoms with E-state index in [4.69, 9.17) is 4.74 Å². The number of hydrogen-bond acceptors (Lipinski definition) is 2. The van der Waals surface area contributed by atoms with E-state index in [1.807, 2.05) is 31.3 Å². The molecule has 2 nitrogen and oxygen atoms in total. The van der Waals surface area contributed by atoms with Crippen molar-refractivity contribution in [2.75, 3.05) is 7.05 Å². The molecule has 100 valence electrons. The Morgan fingerprint density at radius 2 is 1.95 bits per heavy atom. The summed E-state index contributed by atoms with van der Waals surface area (Å²) in [4.78, 5) is 0. The van der Waals surface area contributed by atoms with E-state index in [9.17, 15) is 4.39 Å². The van der Waals surface area contributed by atoms with Gasteiger partial charge in [-0.25, -0.2) is 4.39 Å². The minimum absolute atomic E-state index is 0.222. The summed E-state index contributed by atoms with van der Waals surface area (Å²) in [6.45, 7) is 0.943. The fraction of sp³-hybridized carbons (Fsp3) is 0.200. The highest BCUT2D eigenvalue weighted by Gasteiger charge is 2.06. The van der Waals surface area contributed by atoms with Gasteiger partial charge in [0.15, 0.2) is 0 Å². The van der Waals surface area contributed by atoms with E-state index in [1.165, 1.54) is 6.07 Å². The molecule has 19 heavy (non-hydrogen) atoms. The third kappa shape index (κ3) is 3.78. The van der Waals surface area contributed by atoms with Crippen LogP contribution in [-0.2, 0) is 13.2 Å². The standard InChI is InChI=1S/C15H15BrFNO/c1-18-9-11-4-2-3-5-15(11)19-10-12-6-7-13(16)8-14(12)17/h2-8,18H,9-10H2,1H3. The van der Waals surface area contributed by atoms with Gasteiger partial charge in [0.1, 0.15) is 18.2 Å². The van der Waals surface area contributed by atoms with Crippen LogP contribution in [0.4, 0.5) is 4.39 Å². The smallest absolute Gasteiger partial charge is 0.130 e. The van der Waals surface area contributed by atoms with E-state index in [2.05, 4.69) is 21.2 Å². The molecular weight excluding hydrogens is 309 g/mol. The van der Waals surface area contributed by atoms with E-state index in [0.29, 0.717) is 5.56 Å². The highest BCUT2D eigenvalue weighted by atomic mass is 79.9. The first-order valence-electron chi connectivity index (χ1n) is 6.00. The van der Waals surface area contributed by atoms with Gasteiger partial charge in [0.05, 0.1) is 0 Å². The highest BCUT2D eigenvalue weighted by molar-refractivity contribution is 9.10. The van der Waals surface area contributed by atoms with Crippen molar-refractivity contribution in [1.82, 2.24) is 5.32 Å². The van der Waals surface area contributed by atoms with Crippen molar-refractivity contribution in [1.29, 1.82) is 0 Å². The molecule has 0 bridgehead atoms. The Morgan fingerprint density at radius 3 is 2.68 bits per heavy atom. The molecule has 0 heterocycles. The van der Waals surface area contributed by atoms with Crippen LogP contribution in [0, 0.1) is 5.82 Å². The van der Waals surface area contributed by atoms with Crippen LogP contribution in [0.25, 0.3) is 0 Å². The first-order chi connectivity index (χ1) is 9.20. The predicted molar refractivity (Wildman–Crippen MR) is 77.6 cm³/mol. The zero-order valence-electron chi connectivity index (χ0n) is 10.6. The fourth-order valence-electron chi connectivity index (χ4n) is 1.78. The molecule has 0 fully saturated rings. The lowest BCUT2D eigenvalue weighted by Gasteiger charge is -2.11. The Bertz CT molecular complexity index is 560. The monoisotopic (exact) mass is 323 g/mol. The highest BCUT2D eigenvalue weighted by Crippen LogP contribution is 2.21. The molecule has 0 atom stereocenters. The molecule has 2 rings (SSSR count). The van der Waals surface area contributed by atoms with E-state index in [1.54, 1.807) is 12.1 Å². The first-order valence-corrected chi connectivity index (χ1v) is 6.79. The van der Waals surface area contributed by atoms with E-state index >= 15 is 0 Å². The van der Waals surface area contributed by atoms with Crippen molar-refractivity contribution in [3.8, 4) is 5.75 Å². The van der Waals surface area contributed by atoms with Gasteiger partial charge in [0, 0.05) is 22.1 Å². The number of hydrogen-bond donors (Lipinski definition) is 1. The number of halogens is 2. The zero-order valence-corrected chi connectivity index (χ0v) is 12.2. The number of para-hydroxylation sites is 1. The largest absolute Gasteiger partial charge is 0.488 e.